The second-order valence-electron chi connectivity index (χ2n) is 5.56. The Bertz CT molecular complexity index is 762. The zero-order valence-corrected chi connectivity index (χ0v) is 15.0. The van der Waals surface area contributed by atoms with Crippen molar-refractivity contribution in [2.75, 3.05) is 6.61 Å². The van der Waals surface area contributed by atoms with Gasteiger partial charge in [-0.3, -0.25) is 0 Å². The molecule has 0 aromatic heterocycles. The van der Waals surface area contributed by atoms with E-state index >= 15 is 0 Å². The van der Waals surface area contributed by atoms with Crippen molar-refractivity contribution in [3.05, 3.63) is 75.8 Å². The van der Waals surface area contributed by atoms with E-state index in [-0.39, 0.29) is 12.2 Å². The minimum Gasteiger partial charge on any atom is -0.463 e. The predicted octanol–water partition coefficient (Wildman–Crippen LogP) is 5.25. The Labute approximate surface area is 150 Å². The van der Waals surface area contributed by atoms with E-state index in [0.29, 0.717) is 24.4 Å². The van der Waals surface area contributed by atoms with E-state index < -0.39 is 0 Å². The van der Waals surface area contributed by atoms with Crippen molar-refractivity contribution < 1.29 is 9.47 Å². The van der Waals surface area contributed by atoms with Gasteiger partial charge in [-0.25, -0.2) is 0 Å². The van der Waals surface area contributed by atoms with Crippen LogP contribution in [-0.2, 0) is 9.47 Å². The van der Waals surface area contributed by atoms with Gasteiger partial charge in [-0.1, -0.05) is 58.4 Å². The van der Waals surface area contributed by atoms with Gasteiger partial charge in [0.2, 0.25) is 6.29 Å². The lowest BCUT2D eigenvalue weighted by molar-refractivity contribution is -0.104. The van der Waals surface area contributed by atoms with Crippen LogP contribution in [0.5, 0.6) is 0 Å². The second-order valence-corrected chi connectivity index (χ2v) is 6.48. The molecule has 0 bridgehead atoms. The molecular formula is C20H18BrNO2. The molecule has 0 N–H and O–H groups in total. The summed E-state index contributed by atoms with van der Waals surface area (Å²) in [6.45, 7) is 2.52. The maximum Gasteiger partial charge on any atom is 0.200 e. The summed E-state index contributed by atoms with van der Waals surface area (Å²) in [6, 6.07) is 20.2. The van der Waals surface area contributed by atoms with Crippen LogP contribution in [0, 0.1) is 11.3 Å². The highest BCUT2D eigenvalue weighted by atomic mass is 79.9. The summed E-state index contributed by atoms with van der Waals surface area (Å²) in [4.78, 5) is 0. The molecular weight excluding hydrogens is 366 g/mol. The molecule has 1 heterocycles. The zero-order valence-electron chi connectivity index (χ0n) is 13.4. The molecule has 0 saturated carbocycles. The van der Waals surface area contributed by atoms with Crippen LogP contribution in [0.2, 0.25) is 0 Å². The van der Waals surface area contributed by atoms with Gasteiger partial charge < -0.3 is 9.47 Å². The van der Waals surface area contributed by atoms with Crippen molar-refractivity contribution in [1.29, 1.82) is 5.26 Å². The van der Waals surface area contributed by atoms with Crippen molar-refractivity contribution in [2.24, 2.45) is 0 Å². The molecule has 1 aliphatic heterocycles. The first-order valence-electron chi connectivity index (χ1n) is 7.96. The van der Waals surface area contributed by atoms with Gasteiger partial charge in [-0.15, -0.1) is 0 Å². The number of allylic oxidation sites excluding steroid dienone is 1. The number of nitriles is 1. The number of nitrogens with zero attached hydrogens (tertiary/aromatic N) is 1. The summed E-state index contributed by atoms with van der Waals surface area (Å²) < 4.78 is 12.7. The fraction of sp³-hybridized carbons (Fsp3) is 0.250. The molecule has 0 radical (unpaired) electrons. The summed E-state index contributed by atoms with van der Waals surface area (Å²) in [7, 11) is 0. The lowest BCUT2D eigenvalue weighted by Gasteiger charge is -2.32. The average molecular weight is 384 g/mol. The van der Waals surface area contributed by atoms with Crippen LogP contribution in [0.25, 0.3) is 5.76 Å². The Balaban J connectivity index is 2.08. The van der Waals surface area contributed by atoms with E-state index in [9.17, 15) is 5.26 Å². The van der Waals surface area contributed by atoms with Crippen molar-refractivity contribution >= 4 is 21.7 Å². The fourth-order valence-corrected chi connectivity index (χ4v) is 3.21. The van der Waals surface area contributed by atoms with Crippen LogP contribution < -0.4 is 0 Å². The third kappa shape index (κ3) is 3.53. The Hall–Kier alpha value is -2.09. The maximum absolute atomic E-state index is 9.79. The number of ether oxygens (including phenoxy) is 2. The molecule has 3 nitrogen and oxygen atoms in total. The van der Waals surface area contributed by atoms with E-state index in [1.165, 1.54) is 0 Å². The highest BCUT2D eigenvalue weighted by Gasteiger charge is 2.32. The first-order valence-corrected chi connectivity index (χ1v) is 8.75. The van der Waals surface area contributed by atoms with Gasteiger partial charge >= 0.3 is 0 Å². The van der Waals surface area contributed by atoms with Crippen LogP contribution in [0.4, 0.5) is 0 Å². The summed E-state index contributed by atoms with van der Waals surface area (Å²) in [5, 5.41) is 9.79. The van der Waals surface area contributed by atoms with Gasteiger partial charge in [0, 0.05) is 29.0 Å². The molecule has 2 aromatic rings. The van der Waals surface area contributed by atoms with Crippen LogP contribution in [-0.4, -0.2) is 12.9 Å². The van der Waals surface area contributed by atoms with Gasteiger partial charge in [-0.2, -0.15) is 5.26 Å². The molecule has 0 fully saturated rings. The van der Waals surface area contributed by atoms with E-state index in [1.807, 2.05) is 49.4 Å². The predicted molar refractivity (Wildman–Crippen MR) is 97.0 cm³/mol. The summed E-state index contributed by atoms with van der Waals surface area (Å²) in [5.41, 5.74) is 2.65. The third-order valence-electron chi connectivity index (χ3n) is 4.05. The van der Waals surface area contributed by atoms with E-state index in [2.05, 4.69) is 34.1 Å². The quantitative estimate of drug-likeness (QED) is 0.723. The van der Waals surface area contributed by atoms with E-state index in [0.717, 1.165) is 15.6 Å². The molecule has 0 spiro atoms. The van der Waals surface area contributed by atoms with Gasteiger partial charge in [-0.05, 0) is 24.6 Å². The van der Waals surface area contributed by atoms with Crippen LogP contribution in [0.3, 0.4) is 0 Å². The fourth-order valence-electron chi connectivity index (χ4n) is 2.94. The number of hydrogen-bond donors (Lipinski definition) is 0. The van der Waals surface area contributed by atoms with Gasteiger partial charge in [0.05, 0.1) is 11.6 Å². The lowest BCUT2D eigenvalue weighted by atomic mass is 9.85. The molecule has 3 rings (SSSR count). The molecule has 0 amide bonds. The SMILES string of the molecule is CCO[C@H]1C[C@@H](c2ccccc2)C(C#N)=C(c2ccc(Br)cc2)O1. The van der Waals surface area contributed by atoms with E-state index in [4.69, 9.17) is 9.47 Å². The first kappa shape index (κ1) is 16.8. The summed E-state index contributed by atoms with van der Waals surface area (Å²) in [6.07, 6.45) is 0.289. The Kier molecular flexibility index (Phi) is 5.34. The largest absolute Gasteiger partial charge is 0.463 e. The highest BCUT2D eigenvalue weighted by Crippen LogP contribution is 2.40. The summed E-state index contributed by atoms with van der Waals surface area (Å²) >= 11 is 3.44. The Morgan fingerprint density at radius 2 is 1.88 bits per heavy atom. The van der Waals surface area contributed by atoms with E-state index in [1.54, 1.807) is 0 Å². The van der Waals surface area contributed by atoms with Crippen molar-refractivity contribution in [2.45, 2.75) is 25.6 Å². The van der Waals surface area contributed by atoms with Gasteiger partial charge in [0.1, 0.15) is 5.76 Å². The van der Waals surface area contributed by atoms with Crippen LogP contribution in [0.15, 0.2) is 64.6 Å². The van der Waals surface area contributed by atoms with Crippen molar-refractivity contribution in [1.82, 2.24) is 0 Å². The highest BCUT2D eigenvalue weighted by molar-refractivity contribution is 9.10. The molecule has 0 aliphatic carbocycles. The normalized spacial score (nSPS) is 20.4. The number of hydrogen-bond acceptors (Lipinski definition) is 3. The minimum absolute atomic E-state index is 0.0276. The molecule has 122 valence electrons. The molecule has 24 heavy (non-hydrogen) atoms. The van der Waals surface area contributed by atoms with Crippen molar-refractivity contribution in [3.8, 4) is 6.07 Å². The molecule has 4 heteroatoms. The smallest absolute Gasteiger partial charge is 0.200 e. The molecule has 2 aromatic carbocycles. The first-order chi connectivity index (χ1) is 11.7. The lowest BCUT2D eigenvalue weighted by Crippen LogP contribution is -2.26. The maximum atomic E-state index is 9.79. The Morgan fingerprint density at radius 1 is 1.17 bits per heavy atom. The monoisotopic (exact) mass is 383 g/mol. The molecule has 1 aliphatic rings. The average Bonchev–Trinajstić information content (AvgIpc) is 2.63. The summed E-state index contributed by atoms with van der Waals surface area (Å²) in [5.74, 6) is 0.587. The number of rotatable bonds is 4. The second kappa shape index (κ2) is 7.65. The van der Waals surface area contributed by atoms with Gasteiger partial charge in [0.15, 0.2) is 0 Å². The standard InChI is InChI=1S/C20H18BrNO2/c1-2-23-19-12-17(14-6-4-3-5-7-14)18(13-22)20(24-19)15-8-10-16(21)11-9-15/h3-11,17,19H,2,12H2,1H3/t17-,19+/m0/s1. The molecule has 0 unspecified atom stereocenters. The zero-order chi connectivity index (χ0) is 16.9. The number of halogens is 1. The molecule has 2 atom stereocenters. The number of benzene rings is 2. The Morgan fingerprint density at radius 3 is 2.50 bits per heavy atom. The third-order valence-corrected chi connectivity index (χ3v) is 4.58. The topological polar surface area (TPSA) is 42.2 Å². The van der Waals surface area contributed by atoms with Crippen LogP contribution in [0.1, 0.15) is 30.4 Å². The van der Waals surface area contributed by atoms with Crippen molar-refractivity contribution in [3.63, 3.8) is 0 Å². The van der Waals surface area contributed by atoms with Crippen LogP contribution >= 0.6 is 15.9 Å². The molecule has 0 saturated heterocycles. The van der Waals surface area contributed by atoms with Gasteiger partial charge in [0.25, 0.3) is 0 Å². The minimum atomic E-state index is -0.351.